The van der Waals surface area contributed by atoms with Gasteiger partial charge in [0.15, 0.2) is 22.7 Å². The Kier molecular flexibility index (Phi) is 5.91. The summed E-state index contributed by atoms with van der Waals surface area (Å²) in [5.41, 5.74) is 4.60. The molecule has 4 N–H and O–H groups in total. The number of rotatable bonds is 4. The van der Waals surface area contributed by atoms with Crippen LogP contribution in [0.5, 0.6) is 5.75 Å². The summed E-state index contributed by atoms with van der Waals surface area (Å²) >= 11 is 0. The first-order valence-corrected chi connectivity index (χ1v) is 9.27. The fourth-order valence-corrected chi connectivity index (χ4v) is 3.20. The molecule has 0 aliphatic heterocycles. The van der Waals surface area contributed by atoms with Gasteiger partial charge in [-0.05, 0) is 24.6 Å². The van der Waals surface area contributed by atoms with E-state index in [1.54, 1.807) is 32.2 Å². The van der Waals surface area contributed by atoms with E-state index in [4.69, 9.17) is 10.1 Å². The molecule has 2 aromatic heterocycles. The molecule has 0 aliphatic rings. The minimum absolute atomic E-state index is 0. The van der Waals surface area contributed by atoms with Gasteiger partial charge in [0, 0.05) is 36.0 Å². The molecule has 0 saturated heterocycles. The van der Waals surface area contributed by atoms with Crippen LogP contribution >= 0.6 is 0 Å². The van der Waals surface area contributed by atoms with Crippen LogP contribution in [-0.4, -0.2) is 44.7 Å². The first-order valence-electron chi connectivity index (χ1n) is 7.71. The average Bonchev–Trinajstić information content (AvgIpc) is 2.62. The maximum Gasteiger partial charge on any atom is 0.220 e. The van der Waals surface area contributed by atoms with Gasteiger partial charge < -0.3 is 15.6 Å². The van der Waals surface area contributed by atoms with Gasteiger partial charge in [-0.3, -0.25) is 9.62 Å². The van der Waals surface area contributed by atoms with Gasteiger partial charge in [-0.15, -0.1) is 0 Å². The molecule has 1 atom stereocenters. The SMILES string of the molecule is CNn1c(=N)c(-c2c(C)ccc(OC)c2F)cc2cnc(S(C)=O)nc21.O. The Balaban J connectivity index is 0.00000261. The summed E-state index contributed by atoms with van der Waals surface area (Å²) in [7, 11) is 1.67. The van der Waals surface area contributed by atoms with Crippen molar-refractivity contribution in [3.63, 3.8) is 0 Å². The van der Waals surface area contributed by atoms with Crippen LogP contribution < -0.4 is 15.7 Å². The van der Waals surface area contributed by atoms with E-state index in [1.807, 2.05) is 0 Å². The lowest BCUT2D eigenvalue weighted by Gasteiger charge is -2.16. The molecule has 0 saturated carbocycles. The molecule has 2 heterocycles. The van der Waals surface area contributed by atoms with Crippen molar-refractivity contribution < 1.29 is 18.8 Å². The second kappa shape index (κ2) is 7.80. The number of nitrogens with one attached hydrogen (secondary N) is 2. The van der Waals surface area contributed by atoms with E-state index in [0.717, 1.165) is 0 Å². The molecule has 0 spiro atoms. The third-order valence-electron chi connectivity index (χ3n) is 4.05. The number of benzene rings is 1. The molecule has 10 heteroatoms. The average molecular weight is 393 g/mol. The maximum atomic E-state index is 14.9. The van der Waals surface area contributed by atoms with E-state index in [-0.39, 0.29) is 27.4 Å². The quantitative estimate of drug-likeness (QED) is 0.643. The number of pyridine rings is 1. The fraction of sp³-hybridized carbons (Fsp3) is 0.235. The Hall–Kier alpha value is -2.85. The van der Waals surface area contributed by atoms with Crippen LogP contribution in [0.25, 0.3) is 22.2 Å². The van der Waals surface area contributed by atoms with Gasteiger partial charge in [-0.25, -0.2) is 19.0 Å². The topological polar surface area (TPSA) is 124 Å². The summed E-state index contributed by atoms with van der Waals surface area (Å²) in [5.74, 6) is -0.427. The normalized spacial score (nSPS) is 11.7. The number of nitrogens with zero attached hydrogens (tertiary/aromatic N) is 3. The van der Waals surface area contributed by atoms with Crippen molar-refractivity contribution in [1.29, 1.82) is 5.41 Å². The van der Waals surface area contributed by atoms with Crippen molar-refractivity contribution in [3.8, 4) is 16.9 Å². The molecule has 0 radical (unpaired) electrons. The Morgan fingerprint density at radius 1 is 1.37 bits per heavy atom. The summed E-state index contributed by atoms with van der Waals surface area (Å²) in [5, 5.41) is 9.27. The zero-order chi connectivity index (χ0) is 19.0. The van der Waals surface area contributed by atoms with Crippen LogP contribution in [0.3, 0.4) is 0 Å². The summed E-state index contributed by atoms with van der Waals surface area (Å²) in [6, 6.07) is 4.94. The Labute approximate surface area is 157 Å². The van der Waals surface area contributed by atoms with Gasteiger partial charge in [-0.1, -0.05) is 6.07 Å². The number of aryl methyl sites for hydroxylation is 1. The highest BCUT2D eigenvalue weighted by atomic mass is 32.2. The van der Waals surface area contributed by atoms with Crippen molar-refractivity contribution in [2.75, 3.05) is 25.8 Å². The zero-order valence-corrected chi connectivity index (χ0v) is 16.1. The zero-order valence-electron chi connectivity index (χ0n) is 15.3. The molecule has 0 aliphatic carbocycles. The van der Waals surface area contributed by atoms with Gasteiger partial charge in [0.25, 0.3) is 0 Å². The molecular weight excluding hydrogens is 373 g/mol. The second-order valence-corrected chi connectivity index (χ2v) is 6.90. The maximum absolute atomic E-state index is 14.9. The van der Waals surface area contributed by atoms with E-state index in [2.05, 4.69) is 15.4 Å². The molecular formula is C17H20FN5O3S. The number of halogens is 1. The van der Waals surface area contributed by atoms with Gasteiger partial charge in [-0.2, -0.15) is 0 Å². The molecule has 0 fully saturated rings. The van der Waals surface area contributed by atoms with Gasteiger partial charge in [0.2, 0.25) is 5.16 Å². The number of aromatic nitrogens is 3. The standard InChI is InChI=1S/C17H18FN5O2S.H2O/c1-9-5-6-12(25-3)14(18)13(9)11-7-10-8-21-17(26(4)24)22-16(10)23(20-2)15(11)19;/h5-8,19-20H,1-4H3;1H2. The van der Waals surface area contributed by atoms with Crippen molar-refractivity contribution in [2.24, 2.45) is 0 Å². The van der Waals surface area contributed by atoms with Crippen molar-refractivity contribution in [1.82, 2.24) is 14.6 Å². The van der Waals surface area contributed by atoms with Crippen LogP contribution in [0.4, 0.5) is 4.39 Å². The molecule has 8 nitrogen and oxygen atoms in total. The number of hydrogen-bond donors (Lipinski definition) is 2. The first kappa shape index (κ1) is 20.5. The molecule has 0 amide bonds. The Bertz CT molecular complexity index is 1100. The third kappa shape index (κ3) is 3.40. The summed E-state index contributed by atoms with van der Waals surface area (Å²) in [4.78, 5) is 8.36. The van der Waals surface area contributed by atoms with E-state index in [1.165, 1.54) is 24.2 Å². The van der Waals surface area contributed by atoms with Crippen LogP contribution in [0.2, 0.25) is 0 Å². The molecule has 1 unspecified atom stereocenters. The monoisotopic (exact) mass is 393 g/mol. The number of methoxy groups -OCH3 is 1. The Morgan fingerprint density at radius 3 is 2.67 bits per heavy atom. The van der Waals surface area contributed by atoms with E-state index >= 15 is 0 Å². The smallest absolute Gasteiger partial charge is 0.220 e. The van der Waals surface area contributed by atoms with Gasteiger partial charge in [0.1, 0.15) is 0 Å². The number of hydrogen-bond acceptors (Lipinski definition) is 6. The predicted octanol–water partition coefficient (Wildman–Crippen LogP) is 1.12. The van der Waals surface area contributed by atoms with Crippen LogP contribution in [0.1, 0.15) is 5.56 Å². The van der Waals surface area contributed by atoms with Crippen LogP contribution in [-0.2, 0) is 10.8 Å². The van der Waals surface area contributed by atoms with Gasteiger partial charge >= 0.3 is 0 Å². The van der Waals surface area contributed by atoms with Crippen molar-refractivity contribution >= 4 is 21.8 Å². The molecule has 0 bridgehead atoms. The van der Waals surface area contributed by atoms with Crippen molar-refractivity contribution in [2.45, 2.75) is 12.1 Å². The Morgan fingerprint density at radius 2 is 2.07 bits per heavy atom. The largest absolute Gasteiger partial charge is 0.494 e. The minimum atomic E-state index is -1.36. The molecule has 3 aromatic rings. The molecule has 3 rings (SSSR count). The highest BCUT2D eigenvalue weighted by Gasteiger charge is 2.18. The van der Waals surface area contributed by atoms with Crippen LogP contribution in [0, 0.1) is 18.2 Å². The molecule has 144 valence electrons. The second-order valence-electron chi connectivity index (χ2n) is 5.62. The summed E-state index contributed by atoms with van der Waals surface area (Å²) in [6.07, 6.45) is 3.00. The highest BCUT2D eigenvalue weighted by molar-refractivity contribution is 7.84. The first-order chi connectivity index (χ1) is 12.4. The lowest BCUT2D eigenvalue weighted by molar-refractivity contribution is 0.387. The number of fused-ring (bicyclic) bond motifs is 1. The molecule has 27 heavy (non-hydrogen) atoms. The number of ether oxygens (including phenoxy) is 1. The van der Waals surface area contributed by atoms with Gasteiger partial charge in [0.05, 0.1) is 17.9 Å². The van der Waals surface area contributed by atoms with Crippen molar-refractivity contribution in [3.05, 3.63) is 41.3 Å². The summed E-state index contributed by atoms with van der Waals surface area (Å²) in [6.45, 7) is 1.77. The fourth-order valence-electron chi connectivity index (χ4n) is 2.79. The molecule has 1 aromatic carbocycles. The summed E-state index contributed by atoms with van der Waals surface area (Å²) < 4.78 is 33.0. The van der Waals surface area contributed by atoms with Crippen LogP contribution in [0.15, 0.2) is 29.6 Å². The predicted molar refractivity (Wildman–Crippen MR) is 101 cm³/mol. The lowest BCUT2D eigenvalue weighted by atomic mass is 9.99. The highest BCUT2D eigenvalue weighted by Crippen LogP contribution is 2.31. The van der Waals surface area contributed by atoms with E-state index in [0.29, 0.717) is 22.2 Å². The third-order valence-corrected chi connectivity index (χ3v) is 4.76. The minimum Gasteiger partial charge on any atom is -0.494 e. The lowest BCUT2D eigenvalue weighted by Crippen LogP contribution is -2.29. The van der Waals surface area contributed by atoms with E-state index in [9.17, 15) is 8.60 Å². The van der Waals surface area contributed by atoms with E-state index < -0.39 is 16.6 Å².